The summed E-state index contributed by atoms with van der Waals surface area (Å²) < 4.78 is 1.94. The van der Waals surface area contributed by atoms with Crippen LogP contribution in [0.3, 0.4) is 0 Å². The van der Waals surface area contributed by atoms with Crippen molar-refractivity contribution in [3.05, 3.63) is 29.5 Å². The molecule has 0 N–H and O–H groups in total. The second-order valence-electron chi connectivity index (χ2n) is 4.14. The molecular weight excluding hydrogens is 172 g/mol. The predicted molar refractivity (Wildman–Crippen MR) is 59.5 cm³/mol. The van der Waals surface area contributed by atoms with Gasteiger partial charge in [-0.25, -0.2) is 0 Å². The van der Waals surface area contributed by atoms with Crippen molar-refractivity contribution in [2.24, 2.45) is 7.05 Å². The molecule has 2 rings (SSSR count). The molecule has 0 fully saturated rings. The van der Waals surface area contributed by atoms with Crippen LogP contribution < -0.4 is 0 Å². The Morgan fingerprint density at radius 2 is 2.00 bits per heavy atom. The van der Waals surface area contributed by atoms with Gasteiger partial charge in [-0.05, 0) is 24.5 Å². The zero-order chi connectivity index (χ0) is 10.3. The standard InChI is InChI=1S/C12H16N2/c1-8(2)10-5-6-11-9(3)14(4)13-12(11)7-10/h5-8H,1-4H3. The molecule has 2 heteroatoms. The highest BCUT2D eigenvalue weighted by Crippen LogP contribution is 2.22. The normalized spacial score (nSPS) is 11.5. The average molecular weight is 188 g/mol. The van der Waals surface area contributed by atoms with Crippen molar-refractivity contribution >= 4 is 10.9 Å². The van der Waals surface area contributed by atoms with Gasteiger partial charge in [0.2, 0.25) is 0 Å². The minimum Gasteiger partial charge on any atom is -0.272 e. The van der Waals surface area contributed by atoms with Crippen LogP contribution >= 0.6 is 0 Å². The zero-order valence-electron chi connectivity index (χ0n) is 9.20. The molecule has 74 valence electrons. The SMILES string of the molecule is Cc1c2ccc(C(C)C)cc2nn1C. The molecular formula is C12H16N2. The van der Waals surface area contributed by atoms with E-state index in [0.717, 1.165) is 5.52 Å². The maximum Gasteiger partial charge on any atom is 0.0928 e. The Morgan fingerprint density at radius 3 is 2.64 bits per heavy atom. The van der Waals surface area contributed by atoms with E-state index in [1.807, 2.05) is 11.7 Å². The molecule has 0 bridgehead atoms. The van der Waals surface area contributed by atoms with Gasteiger partial charge in [0.1, 0.15) is 0 Å². The molecule has 0 atom stereocenters. The predicted octanol–water partition coefficient (Wildman–Crippen LogP) is 3.01. The molecule has 1 aromatic carbocycles. The average Bonchev–Trinajstić information content (AvgIpc) is 2.42. The fraction of sp³-hybridized carbons (Fsp3) is 0.417. The van der Waals surface area contributed by atoms with Crippen LogP contribution in [0, 0.1) is 6.92 Å². The molecule has 0 saturated carbocycles. The molecule has 0 saturated heterocycles. The molecule has 14 heavy (non-hydrogen) atoms. The second-order valence-corrected chi connectivity index (χ2v) is 4.14. The molecule has 1 aromatic heterocycles. The number of nitrogens with zero attached hydrogens (tertiary/aromatic N) is 2. The lowest BCUT2D eigenvalue weighted by molar-refractivity contribution is 0.750. The molecule has 0 spiro atoms. The quantitative estimate of drug-likeness (QED) is 0.672. The highest BCUT2D eigenvalue weighted by molar-refractivity contribution is 5.82. The number of benzene rings is 1. The van der Waals surface area contributed by atoms with Crippen molar-refractivity contribution < 1.29 is 0 Å². The first-order valence-electron chi connectivity index (χ1n) is 5.03. The summed E-state index contributed by atoms with van der Waals surface area (Å²) in [5, 5.41) is 5.73. The summed E-state index contributed by atoms with van der Waals surface area (Å²) in [5.41, 5.74) is 3.70. The van der Waals surface area contributed by atoms with Crippen LogP contribution in [0.2, 0.25) is 0 Å². The molecule has 0 aliphatic carbocycles. The summed E-state index contributed by atoms with van der Waals surface area (Å²) in [6.45, 7) is 6.51. The van der Waals surface area contributed by atoms with Gasteiger partial charge in [-0.1, -0.05) is 26.0 Å². The van der Waals surface area contributed by atoms with E-state index in [-0.39, 0.29) is 0 Å². The molecule has 2 aromatic rings. The van der Waals surface area contributed by atoms with Gasteiger partial charge < -0.3 is 0 Å². The Labute approximate surface area is 84.5 Å². The molecule has 0 aliphatic heterocycles. The van der Waals surface area contributed by atoms with Crippen molar-refractivity contribution in [1.82, 2.24) is 9.78 Å². The Bertz CT molecular complexity index is 466. The fourth-order valence-electron chi connectivity index (χ4n) is 1.71. The Morgan fingerprint density at radius 1 is 1.29 bits per heavy atom. The Kier molecular flexibility index (Phi) is 2.06. The largest absolute Gasteiger partial charge is 0.272 e. The van der Waals surface area contributed by atoms with Crippen LogP contribution in [0.15, 0.2) is 18.2 Å². The number of aryl methyl sites for hydroxylation is 2. The van der Waals surface area contributed by atoms with E-state index in [1.54, 1.807) is 0 Å². The molecule has 0 amide bonds. The van der Waals surface area contributed by atoms with Gasteiger partial charge in [0.15, 0.2) is 0 Å². The van der Waals surface area contributed by atoms with E-state index in [9.17, 15) is 0 Å². The lowest BCUT2D eigenvalue weighted by atomic mass is 10.0. The number of aromatic nitrogens is 2. The molecule has 0 aliphatic rings. The number of hydrogen-bond donors (Lipinski definition) is 0. The second kappa shape index (κ2) is 3.12. The molecule has 1 heterocycles. The minimum absolute atomic E-state index is 0.571. The van der Waals surface area contributed by atoms with Crippen molar-refractivity contribution in [2.75, 3.05) is 0 Å². The zero-order valence-corrected chi connectivity index (χ0v) is 9.20. The van der Waals surface area contributed by atoms with Gasteiger partial charge >= 0.3 is 0 Å². The summed E-state index contributed by atoms with van der Waals surface area (Å²) in [4.78, 5) is 0. The van der Waals surface area contributed by atoms with Crippen LogP contribution in [-0.2, 0) is 7.05 Å². The Hall–Kier alpha value is -1.31. The molecule has 0 unspecified atom stereocenters. The maximum atomic E-state index is 4.47. The van der Waals surface area contributed by atoms with Crippen molar-refractivity contribution in [3.63, 3.8) is 0 Å². The highest BCUT2D eigenvalue weighted by atomic mass is 15.3. The van der Waals surface area contributed by atoms with E-state index < -0.39 is 0 Å². The summed E-state index contributed by atoms with van der Waals surface area (Å²) in [6, 6.07) is 6.56. The lowest BCUT2D eigenvalue weighted by Gasteiger charge is -2.03. The summed E-state index contributed by atoms with van der Waals surface area (Å²) in [5.74, 6) is 0.571. The van der Waals surface area contributed by atoms with Crippen LogP contribution in [0.1, 0.15) is 31.0 Å². The fourth-order valence-corrected chi connectivity index (χ4v) is 1.71. The lowest BCUT2D eigenvalue weighted by Crippen LogP contribution is -1.91. The van der Waals surface area contributed by atoms with E-state index in [4.69, 9.17) is 0 Å². The summed E-state index contributed by atoms with van der Waals surface area (Å²) in [6.07, 6.45) is 0. The summed E-state index contributed by atoms with van der Waals surface area (Å²) in [7, 11) is 1.99. The maximum absolute atomic E-state index is 4.47. The monoisotopic (exact) mass is 188 g/mol. The molecule has 2 nitrogen and oxygen atoms in total. The van der Waals surface area contributed by atoms with Gasteiger partial charge in [-0.15, -0.1) is 0 Å². The topological polar surface area (TPSA) is 17.8 Å². The van der Waals surface area contributed by atoms with Crippen LogP contribution in [0.25, 0.3) is 10.9 Å². The summed E-state index contributed by atoms with van der Waals surface area (Å²) >= 11 is 0. The van der Waals surface area contributed by atoms with Crippen molar-refractivity contribution in [1.29, 1.82) is 0 Å². The van der Waals surface area contributed by atoms with E-state index in [2.05, 4.69) is 44.1 Å². The number of fused-ring (bicyclic) bond motifs is 1. The number of rotatable bonds is 1. The first kappa shape index (κ1) is 9.25. The Balaban J connectivity index is 2.67. The third kappa shape index (κ3) is 1.31. The van der Waals surface area contributed by atoms with Crippen LogP contribution in [0.5, 0.6) is 0 Å². The van der Waals surface area contributed by atoms with Crippen LogP contribution in [-0.4, -0.2) is 9.78 Å². The van der Waals surface area contributed by atoms with Gasteiger partial charge in [0.25, 0.3) is 0 Å². The van der Waals surface area contributed by atoms with Gasteiger partial charge in [0.05, 0.1) is 5.52 Å². The third-order valence-corrected chi connectivity index (χ3v) is 2.82. The van der Waals surface area contributed by atoms with Crippen molar-refractivity contribution in [2.45, 2.75) is 26.7 Å². The van der Waals surface area contributed by atoms with E-state index >= 15 is 0 Å². The minimum atomic E-state index is 0.571. The number of hydrogen-bond acceptors (Lipinski definition) is 1. The first-order valence-corrected chi connectivity index (χ1v) is 5.03. The van der Waals surface area contributed by atoms with Crippen LogP contribution in [0.4, 0.5) is 0 Å². The van der Waals surface area contributed by atoms with E-state index in [0.29, 0.717) is 5.92 Å². The smallest absolute Gasteiger partial charge is 0.0928 e. The van der Waals surface area contributed by atoms with Gasteiger partial charge in [0, 0.05) is 18.1 Å². The third-order valence-electron chi connectivity index (χ3n) is 2.82. The first-order chi connectivity index (χ1) is 6.59. The van der Waals surface area contributed by atoms with Gasteiger partial charge in [-0.2, -0.15) is 5.10 Å². The van der Waals surface area contributed by atoms with Crippen molar-refractivity contribution in [3.8, 4) is 0 Å². The van der Waals surface area contributed by atoms with E-state index in [1.165, 1.54) is 16.6 Å². The molecule has 0 radical (unpaired) electrons. The highest BCUT2D eigenvalue weighted by Gasteiger charge is 2.06. The van der Waals surface area contributed by atoms with Gasteiger partial charge in [-0.3, -0.25) is 4.68 Å².